The molecular formula is C9H13FN2. The molecule has 4 N–H and O–H groups in total. The Bertz CT molecular complexity index is 295. The van der Waals surface area contributed by atoms with Gasteiger partial charge >= 0.3 is 0 Å². The molecule has 0 saturated carbocycles. The minimum absolute atomic E-state index is 0.153. The number of rotatable bonds is 1. The lowest BCUT2D eigenvalue weighted by atomic mass is 10.0. The van der Waals surface area contributed by atoms with E-state index in [1.165, 1.54) is 6.07 Å². The van der Waals surface area contributed by atoms with Crippen LogP contribution in [0.5, 0.6) is 0 Å². The SMILES string of the molecule is Cc1cc(N)c(F)cc1[C@@H](C)N. The molecule has 0 aliphatic carbocycles. The van der Waals surface area contributed by atoms with E-state index >= 15 is 0 Å². The van der Waals surface area contributed by atoms with Crippen LogP contribution in [0, 0.1) is 12.7 Å². The molecule has 0 aliphatic rings. The molecule has 0 saturated heterocycles. The van der Waals surface area contributed by atoms with E-state index < -0.39 is 5.82 Å². The summed E-state index contributed by atoms with van der Waals surface area (Å²) in [5, 5.41) is 0. The van der Waals surface area contributed by atoms with Gasteiger partial charge in [-0.1, -0.05) is 0 Å². The quantitative estimate of drug-likeness (QED) is 0.627. The normalized spacial score (nSPS) is 13.0. The number of nitrogens with two attached hydrogens (primary N) is 2. The molecule has 1 atom stereocenters. The summed E-state index contributed by atoms with van der Waals surface area (Å²) in [6.07, 6.45) is 0. The highest BCUT2D eigenvalue weighted by atomic mass is 19.1. The molecule has 2 nitrogen and oxygen atoms in total. The molecule has 0 unspecified atom stereocenters. The molecule has 1 aromatic rings. The molecule has 12 heavy (non-hydrogen) atoms. The molecule has 0 bridgehead atoms. The van der Waals surface area contributed by atoms with Crippen molar-refractivity contribution in [2.45, 2.75) is 19.9 Å². The highest BCUT2D eigenvalue weighted by Gasteiger charge is 2.07. The van der Waals surface area contributed by atoms with Crippen molar-refractivity contribution in [1.29, 1.82) is 0 Å². The average Bonchev–Trinajstić information content (AvgIpc) is 1.96. The number of benzene rings is 1. The van der Waals surface area contributed by atoms with Crippen LogP contribution in [-0.2, 0) is 0 Å². The number of halogens is 1. The maximum atomic E-state index is 12.9. The van der Waals surface area contributed by atoms with Crippen molar-refractivity contribution in [3.05, 3.63) is 29.1 Å². The van der Waals surface area contributed by atoms with Gasteiger partial charge in [-0.15, -0.1) is 0 Å². The number of anilines is 1. The largest absolute Gasteiger partial charge is 0.396 e. The number of aryl methyl sites for hydroxylation is 1. The Hall–Kier alpha value is -1.09. The van der Waals surface area contributed by atoms with E-state index in [0.29, 0.717) is 0 Å². The Morgan fingerprint density at radius 3 is 2.50 bits per heavy atom. The highest BCUT2D eigenvalue weighted by Crippen LogP contribution is 2.20. The molecule has 0 heterocycles. The van der Waals surface area contributed by atoms with Crippen molar-refractivity contribution in [2.24, 2.45) is 5.73 Å². The summed E-state index contributed by atoms with van der Waals surface area (Å²) in [4.78, 5) is 0. The Balaban J connectivity index is 3.23. The average molecular weight is 168 g/mol. The maximum absolute atomic E-state index is 12.9. The third kappa shape index (κ3) is 1.56. The van der Waals surface area contributed by atoms with Gasteiger partial charge in [-0.25, -0.2) is 4.39 Å². The van der Waals surface area contributed by atoms with Gasteiger partial charge in [-0.3, -0.25) is 0 Å². The minimum Gasteiger partial charge on any atom is -0.396 e. The van der Waals surface area contributed by atoms with E-state index in [0.717, 1.165) is 11.1 Å². The van der Waals surface area contributed by atoms with E-state index in [-0.39, 0.29) is 11.7 Å². The first-order chi connectivity index (χ1) is 5.52. The van der Waals surface area contributed by atoms with Crippen LogP contribution in [0.3, 0.4) is 0 Å². The van der Waals surface area contributed by atoms with E-state index in [2.05, 4.69) is 0 Å². The van der Waals surface area contributed by atoms with Gasteiger partial charge in [0.25, 0.3) is 0 Å². The highest BCUT2D eigenvalue weighted by molar-refractivity contribution is 5.46. The minimum atomic E-state index is -0.395. The van der Waals surface area contributed by atoms with E-state index in [4.69, 9.17) is 11.5 Å². The van der Waals surface area contributed by atoms with Crippen LogP contribution < -0.4 is 11.5 Å². The molecule has 1 rings (SSSR count). The van der Waals surface area contributed by atoms with Crippen LogP contribution in [0.2, 0.25) is 0 Å². The van der Waals surface area contributed by atoms with Gasteiger partial charge in [0, 0.05) is 6.04 Å². The van der Waals surface area contributed by atoms with Crippen LogP contribution in [0.1, 0.15) is 24.1 Å². The van der Waals surface area contributed by atoms with Gasteiger partial charge in [-0.05, 0) is 37.1 Å². The maximum Gasteiger partial charge on any atom is 0.146 e. The Labute approximate surface area is 71.4 Å². The topological polar surface area (TPSA) is 52.0 Å². The molecule has 0 aliphatic heterocycles. The van der Waals surface area contributed by atoms with Gasteiger partial charge < -0.3 is 11.5 Å². The van der Waals surface area contributed by atoms with Crippen LogP contribution in [0.25, 0.3) is 0 Å². The van der Waals surface area contributed by atoms with Crippen LogP contribution >= 0.6 is 0 Å². The molecule has 3 heteroatoms. The summed E-state index contributed by atoms with van der Waals surface area (Å²) >= 11 is 0. The fourth-order valence-electron chi connectivity index (χ4n) is 1.21. The number of nitrogen functional groups attached to an aromatic ring is 1. The Morgan fingerprint density at radius 1 is 1.42 bits per heavy atom. The summed E-state index contributed by atoms with van der Waals surface area (Å²) in [7, 11) is 0. The van der Waals surface area contributed by atoms with Gasteiger partial charge in [0.05, 0.1) is 5.69 Å². The third-order valence-electron chi connectivity index (χ3n) is 1.88. The van der Waals surface area contributed by atoms with E-state index in [1.54, 1.807) is 6.07 Å². The predicted octanol–water partition coefficient (Wildman–Crippen LogP) is 1.74. The molecular weight excluding hydrogens is 155 g/mol. The third-order valence-corrected chi connectivity index (χ3v) is 1.88. The zero-order valence-electron chi connectivity index (χ0n) is 7.26. The molecule has 0 amide bonds. The summed E-state index contributed by atoms with van der Waals surface area (Å²) in [5.74, 6) is -0.395. The van der Waals surface area contributed by atoms with Crippen LogP contribution in [-0.4, -0.2) is 0 Å². The van der Waals surface area contributed by atoms with Gasteiger partial charge in [0.1, 0.15) is 5.82 Å². The van der Waals surface area contributed by atoms with Crippen molar-refractivity contribution in [2.75, 3.05) is 5.73 Å². The second-order valence-electron chi connectivity index (χ2n) is 3.02. The lowest BCUT2D eigenvalue weighted by Gasteiger charge is -2.10. The standard InChI is InChI=1S/C9H13FN2/c1-5-3-9(12)8(10)4-7(5)6(2)11/h3-4,6H,11-12H2,1-2H3/t6-/m1/s1. The van der Waals surface area contributed by atoms with Crippen molar-refractivity contribution in [1.82, 2.24) is 0 Å². The van der Waals surface area contributed by atoms with Gasteiger partial charge in [0.2, 0.25) is 0 Å². The van der Waals surface area contributed by atoms with E-state index in [9.17, 15) is 4.39 Å². The van der Waals surface area contributed by atoms with Crippen LogP contribution in [0.4, 0.5) is 10.1 Å². The molecule has 0 aromatic heterocycles. The Morgan fingerprint density at radius 2 is 2.00 bits per heavy atom. The Kier molecular flexibility index (Phi) is 2.33. The van der Waals surface area contributed by atoms with Crippen molar-refractivity contribution in [3.8, 4) is 0 Å². The summed E-state index contributed by atoms with van der Waals surface area (Å²) in [5.41, 5.74) is 12.9. The fourth-order valence-corrected chi connectivity index (χ4v) is 1.21. The van der Waals surface area contributed by atoms with Gasteiger partial charge in [-0.2, -0.15) is 0 Å². The lowest BCUT2D eigenvalue weighted by molar-refractivity contribution is 0.626. The molecule has 0 radical (unpaired) electrons. The van der Waals surface area contributed by atoms with Crippen LogP contribution in [0.15, 0.2) is 12.1 Å². The van der Waals surface area contributed by atoms with Crippen molar-refractivity contribution < 1.29 is 4.39 Å². The van der Waals surface area contributed by atoms with Crippen molar-refractivity contribution in [3.63, 3.8) is 0 Å². The smallest absolute Gasteiger partial charge is 0.146 e. The second kappa shape index (κ2) is 3.11. The first-order valence-electron chi connectivity index (χ1n) is 3.83. The summed E-state index contributed by atoms with van der Waals surface area (Å²) in [6, 6.07) is 2.85. The molecule has 0 fully saturated rings. The lowest BCUT2D eigenvalue weighted by Crippen LogP contribution is -2.08. The van der Waals surface area contributed by atoms with Gasteiger partial charge in [0.15, 0.2) is 0 Å². The fraction of sp³-hybridized carbons (Fsp3) is 0.333. The molecule has 1 aromatic carbocycles. The van der Waals surface area contributed by atoms with E-state index in [1.807, 2.05) is 13.8 Å². The first-order valence-corrected chi connectivity index (χ1v) is 3.83. The first kappa shape index (κ1) is 9.00. The van der Waals surface area contributed by atoms with Crippen molar-refractivity contribution >= 4 is 5.69 Å². The molecule has 0 spiro atoms. The summed E-state index contributed by atoms with van der Waals surface area (Å²) < 4.78 is 12.9. The number of hydrogen-bond acceptors (Lipinski definition) is 2. The monoisotopic (exact) mass is 168 g/mol. The second-order valence-corrected chi connectivity index (χ2v) is 3.02. The number of hydrogen-bond donors (Lipinski definition) is 2. The zero-order chi connectivity index (χ0) is 9.30. The molecule has 66 valence electrons. The zero-order valence-corrected chi connectivity index (χ0v) is 7.26. The predicted molar refractivity (Wildman–Crippen MR) is 48.2 cm³/mol. The summed E-state index contributed by atoms with van der Waals surface area (Å²) in [6.45, 7) is 3.69.